The number of hydrogen-bond donors (Lipinski definition) is 1. The molecule has 11 heteroatoms. The summed E-state index contributed by atoms with van der Waals surface area (Å²) in [5, 5.41) is 16.3. The third-order valence-corrected chi connectivity index (χ3v) is 11.3. The molecule has 0 saturated heterocycles. The van der Waals surface area contributed by atoms with E-state index in [-0.39, 0.29) is 22.7 Å². The SMILES string of the molecule is CCCC1(OCc2c(-c3c(Cl)cncc3Cl)noc2C2CC2)CCC(C)(c2ccc3c(C(=O)O)c(OC4CCC4)cc(Cl)c3n2)CC1. The molecule has 0 unspecified atom stereocenters. The summed E-state index contributed by atoms with van der Waals surface area (Å²) >= 11 is 19.8. The number of halogens is 3. The summed E-state index contributed by atoms with van der Waals surface area (Å²) in [6, 6.07) is 5.42. The maximum atomic E-state index is 12.4. The van der Waals surface area contributed by atoms with Crippen molar-refractivity contribution < 1.29 is 23.9 Å². The molecular weight excluding hydrogens is 661 g/mol. The van der Waals surface area contributed by atoms with Crippen LogP contribution in [0, 0.1) is 0 Å². The number of carboxylic acid groups (broad SMARTS) is 1. The Kier molecular flexibility index (Phi) is 8.92. The van der Waals surface area contributed by atoms with Gasteiger partial charge in [-0.1, -0.05) is 60.2 Å². The first kappa shape index (κ1) is 32.6. The summed E-state index contributed by atoms with van der Waals surface area (Å²) in [5.74, 6) is 0.457. The van der Waals surface area contributed by atoms with E-state index in [1.165, 1.54) is 0 Å². The van der Waals surface area contributed by atoms with Crippen LogP contribution in [0.2, 0.25) is 15.1 Å². The number of rotatable bonds is 11. The molecular formula is C36H38Cl3N3O5. The number of aromatic nitrogens is 3. The van der Waals surface area contributed by atoms with Crippen LogP contribution in [-0.2, 0) is 16.8 Å². The molecule has 0 radical (unpaired) electrons. The molecule has 0 amide bonds. The van der Waals surface area contributed by atoms with Crippen LogP contribution in [-0.4, -0.2) is 37.9 Å². The average Bonchev–Trinajstić information content (AvgIpc) is 3.79. The minimum absolute atomic E-state index is 0.0310. The van der Waals surface area contributed by atoms with Gasteiger partial charge in [0.2, 0.25) is 0 Å². The van der Waals surface area contributed by atoms with Gasteiger partial charge in [-0.2, -0.15) is 0 Å². The number of carbonyl (C=O) groups is 1. The fraction of sp³-hybridized carbons (Fsp3) is 0.500. The Morgan fingerprint density at radius 1 is 1.04 bits per heavy atom. The van der Waals surface area contributed by atoms with Crippen LogP contribution in [0.3, 0.4) is 0 Å². The van der Waals surface area contributed by atoms with E-state index in [0.717, 1.165) is 87.6 Å². The topological polar surface area (TPSA) is 108 Å². The van der Waals surface area contributed by atoms with Crippen molar-refractivity contribution in [3.63, 3.8) is 0 Å². The van der Waals surface area contributed by atoms with Gasteiger partial charge in [-0.15, -0.1) is 0 Å². The van der Waals surface area contributed by atoms with Crippen molar-refractivity contribution in [2.45, 2.75) is 114 Å². The lowest BCUT2D eigenvalue weighted by molar-refractivity contribution is -0.0964. The smallest absolute Gasteiger partial charge is 0.340 e. The quantitative estimate of drug-likeness (QED) is 0.165. The number of aromatic carboxylic acids is 1. The fourth-order valence-corrected chi connectivity index (χ4v) is 7.96. The summed E-state index contributed by atoms with van der Waals surface area (Å²) in [6.45, 7) is 4.77. The summed E-state index contributed by atoms with van der Waals surface area (Å²) in [5.41, 5.74) is 3.10. The molecule has 8 nitrogen and oxygen atoms in total. The van der Waals surface area contributed by atoms with E-state index >= 15 is 0 Å². The van der Waals surface area contributed by atoms with Crippen LogP contribution in [0.5, 0.6) is 5.75 Å². The normalized spacial score (nSPS) is 23.2. The van der Waals surface area contributed by atoms with E-state index in [4.69, 9.17) is 53.8 Å². The van der Waals surface area contributed by atoms with Crippen molar-refractivity contribution in [1.29, 1.82) is 0 Å². The van der Waals surface area contributed by atoms with Gasteiger partial charge >= 0.3 is 5.97 Å². The highest BCUT2D eigenvalue weighted by Crippen LogP contribution is 2.49. The summed E-state index contributed by atoms with van der Waals surface area (Å²) in [6.07, 6.45) is 13.5. The first-order valence-electron chi connectivity index (χ1n) is 16.6. The van der Waals surface area contributed by atoms with Crippen molar-refractivity contribution in [3.8, 4) is 17.0 Å². The zero-order valence-corrected chi connectivity index (χ0v) is 28.9. The van der Waals surface area contributed by atoms with E-state index in [1.54, 1.807) is 18.5 Å². The van der Waals surface area contributed by atoms with Crippen molar-refractivity contribution in [3.05, 3.63) is 68.2 Å². The predicted molar refractivity (Wildman–Crippen MR) is 182 cm³/mol. The number of hydrogen-bond acceptors (Lipinski definition) is 7. The number of nitrogens with zero attached hydrogens (tertiary/aromatic N) is 3. The zero-order valence-electron chi connectivity index (χ0n) is 26.6. The van der Waals surface area contributed by atoms with Crippen molar-refractivity contribution in [2.24, 2.45) is 0 Å². The van der Waals surface area contributed by atoms with Crippen LogP contribution < -0.4 is 4.74 Å². The van der Waals surface area contributed by atoms with Crippen LogP contribution in [0.15, 0.2) is 35.1 Å². The number of carboxylic acids is 1. The molecule has 3 heterocycles. The predicted octanol–water partition coefficient (Wildman–Crippen LogP) is 10.3. The van der Waals surface area contributed by atoms with Crippen LogP contribution >= 0.6 is 34.8 Å². The molecule has 1 aromatic carbocycles. The second kappa shape index (κ2) is 12.8. The Balaban J connectivity index is 1.14. The molecule has 3 aromatic heterocycles. The van der Waals surface area contributed by atoms with Crippen molar-refractivity contribution >= 4 is 51.7 Å². The maximum absolute atomic E-state index is 12.4. The van der Waals surface area contributed by atoms with E-state index in [2.05, 4.69) is 24.0 Å². The molecule has 3 fully saturated rings. The molecule has 3 aliphatic carbocycles. The monoisotopic (exact) mass is 697 g/mol. The molecule has 7 rings (SSSR count). The molecule has 0 aliphatic heterocycles. The fourth-order valence-electron chi connectivity index (χ4n) is 7.17. The highest BCUT2D eigenvalue weighted by atomic mass is 35.5. The number of benzene rings is 1. The highest BCUT2D eigenvalue weighted by Gasteiger charge is 2.43. The molecule has 248 valence electrons. The van der Waals surface area contributed by atoms with Gasteiger partial charge in [0, 0.05) is 52.0 Å². The summed E-state index contributed by atoms with van der Waals surface area (Å²) in [7, 11) is 0. The molecule has 0 bridgehead atoms. The minimum Gasteiger partial charge on any atom is -0.489 e. The Bertz CT molecular complexity index is 1810. The van der Waals surface area contributed by atoms with Gasteiger partial charge in [-0.25, -0.2) is 4.79 Å². The van der Waals surface area contributed by atoms with Gasteiger partial charge < -0.3 is 19.1 Å². The van der Waals surface area contributed by atoms with Gasteiger partial charge in [0.05, 0.1) is 38.9 Å². The molecule has 47 heavy (non-hydrogen) atoms. The van der Waals surface area contributed by atoms with Crippen LogP contribution in [0.4, 0.5) is 0 Å². The first-order valence-corrected chi connectivity index (χ1v) is 17.7. The second-order valence-corrected chi connectivity index (χ2v) is 14.9. The third-order valence-electron chi connectivity index (χ3n) is 10.4. The number of ether oxygens (including phenoxy) is 2. The Morgan fingerprint density at radius 2 is 1.77 bits per heavy atom. The van der Waals surface area contributed by atoms with E-state index in [0.29, 0.717) is 55.5 Å². The Labute approximate surface area is 289 Å². The molecule has 1 N–H and O–H groups in total. The standard InChI is InChI=1S/C36H38Cl3N3O5/c1-3-11-36(45-19-23-32(42-47-33(23)20-7-8-20)30-25(38)17-40-18-26(30)39)14-12-35(2,13-15-36)28-10-9-22-29(34(43)44)27(46-21-5-4-6-21)16-24(37)31(22)41-28/h9-10,16-18,20-21H,3-8,11-15,19H2,1-2H3,(H,43,44). The van der Waals surface area contributed by atoms with E-state index in [9.17, 15) is 9.90 Å². The number of pyridine rings is 2. The molecule has 0 atom stereocenters. The lowest BCUT2D eigenvalue weighted by Gasteiger charge is -2.45. The van der Waals surface area contributed by atoms with Gasteiger partial charge in [-0.05, 0) is 76.3 Å². The van der Waals surface area contributed by atoms with Gasteiger partial charge in [0.15, 0.2) is 0 Å². The lowest BCUT2D eigenvalue weighted by Crippen LogP contribution is -2.42. The molecule has 4 aromatic rings. The van der Waals surface area contributed by atoms with Crippen LogP contribution in [0.25, 0.3) is 22.2 Å². The summed E-state index contributed by atoms with van der Waals surface area (Å²) < 4.78 is 18.8. The largest absolute Gasteiger partial charge is 0.489 e. The minimum atomic E-state index is -1.05. The highest BCUT2D eigenvalue weighted by molar-refractivity contribution is 6.39. The van der Waals surface area contributed by atoms with Gasteiger partial charge in [0.25, 0.3) is 0 Å². The number of fused-ring (bicyclic) bond motifs is 1. The van der Waals surface area contributed by atoms with Crippen LogP contribution in [0.1, 0.15) is 118 Å². The molecule has 3 aliphatic rings. The summed E-state index contributed by atoms with van der Waals surface area (Å²) in [4.78, 5) is 21.5. The second-order valence-electron chi connectivity index (χ2n) is 13.7. The molecule has 3 saturated carbocycles. The van der Waals surface area contributed by atoms with E-state index < -0.39 is 5.97 Å². The third kappa shape index (κ3) is 6.23. The molecule has 0 spiro atoms. The first-order chi connectivity index (χ1) is 22.6. The van der Waals surface area contributed by atoms with E-state index in [1.807, 2.05) is 12.1 Å². The Morgan fingerprint density at radius 3 is 2.38 bits per heavy atom. The lowest BCUT2D eigenvalue weighted by atomic mass is 9.66. The van der Waals surface area contributed by atoms with Crippen molar-refractivity contribution in [2.75, 3.05) is 0 Å². The zero-order chi connectivity index (χ0) is 32.9. The van der Waals surface area contributed by atoms with Gasteiger partial charge in [0.1, 0.15) is 22.8 Å². The maximum Gasteiger partial charge on any atom is 0.340 e. The van der Waals surface area contributed by atoms with Gasteiger partial charge in [-0.3, -0.25) is 9.97 Å². The van der Waals surface area contributed by atoms with Crippen molar-refractivity contribution in [1.82, 2.24) is 15.1 Å². The Hall–Kier alpha value is -2.91. The average molecular weight is 699 g/mol.